The topological polar surface area (TPSA) is 62.1 Å². The molecule has 0 spiro atoms. The minimum absolute atomic E-state index is 0.189. The van der Waals surface area contributed by atoms with Gasteiger partial charge in [0.1, 0.15) is 0 Å². The molecule has 0 radical (unpaired) electrons. The van der Waals surface area contributed by atoms with Gasteiger partial charge < -0.3 is 18.8 Å². The summed E-state index contributed by atoms with van der Waals surface area (Å²) < 4.78 is 19.4. The predicted molar refractivity (Wildman–Crippen MR) is 115 cm³/mol. The van der Waals surface area contributed by atoms with Gasteiger partial charge >= 0.3 is 0 Å². The zero-order valence-electron chi connectivity index (χ0n) is 16.3. The Bertz CT molecular complexity index is 1100. The molecule has 0 N–H and O–H groups in total. The lowest BCUT2D eigenvalue weighted by Gasteiger charge is -2.06. The summed E-state index contributed by atoms with van der Waals surface area (Å²) in [4.78, 5) is 19.0. The highest BCUT2D eigenvalue weighted by Gasteiger charge is 2.15. The van der Waals surface area contributed by atoms with Crippen molar-refractivity contribution in [2.24, 2.45) is 4.99 Å². The Morgan fingerprint density at radius 1 is 1.24 bits per heavy atom. The SMILES string of the molecule is CCOCCn1c(=NC(=O)Cc2ccc3c(c2)OCO3)sc2cc(SC)ccc21. The summed E-state index contributed by atoms with van der Waals surface area (Å²) in [5.74, 6) is 1.19. The van der Waals surface area contributed by atoms with Crippen LogP contribution in [0.2, 0.25) is 0 Å². The Balaban J connectivity index is 1.64. The number of fused-ring (bicyclic) bond motifs is 2. The summed E-state index contributed by atoms with van der Waals surface area (Å²) >= 11 is 3.23. The van der Waals surface area contributed by atoms with Gasteiger partial charge in [0.05, 0.1) is 23.2 Å². The number of carbonyl (C=O) groups excluding carboxylic acids is 1. The Hall–Kier alpha value is -2.29. The second-order valence-corrected chi connectivity index (χ2v) is 8.33. The summed E-state index contributed by atoms with van der Waals surface area (Å²) in [5, 5.41) is 0. The molecular weight excluding hydrogens is 408 g/mol. The standard InChI is InChI=1S/C21H22N2O4S2/c1-3-25-9-8-23-16-6-5-15(28-2)12-19(16)29-21(23)22-20(24)11-14-4-7-17-18(10-14)27-13-26-17/h4-7,10,12H,3,8-9,11,13H2,1-2H3. The van der Waals surface area contributed by atoms with Crippen molar-refractivity contribution in [1.82, 2.24) is 4.57 Å². The van der Waals surface area contributed by atoms with Crippen LogP contribution in [-0.2, 0) is 22.5 Å². The lowest BCUT2D eigenvalue weighted by molar-refractivity contribution is -0.117. The Kier molecular flexibility index (Phi) is 6.22. The number of carbonyl (C=O) groups is 1. The first-order valence-electron chi connectivity index (χ1n) is 9.39. The molecule has 0 unspecified atom stereocenters. The van der Waals surface area contributed by atoms with E-state index in [1.807, 2.05) is 25.1 Å². The van der Waals surface area contributed by atoms with E-state index in [2.05, 4.69) is 34.0 Å². The first kappa shape index (κ1) is 20.0. The van der Waals surface area contributed by atoms with Crippen LogP contribution >= 0.6 is 23.1 Å². The van der Waals surface area contributed by atoms with E-state index in [4.69, 9.17) is 14.2 Å². The van der Waals surface area contributed by atoms with Gasteiger partial charge in [-0.05, 0) is 49.1 Å². The van der Waals surface area contributed by atoms with E-state index in [1.165, 1.54) is 16.2 Å². The third-order valence-corrected chi connectivity index (χ3v) is 6.33. The Labute approximate surface area is 177 Å². The molecule has 2 heterocycles. The lowest BCUT2D eigenvalue weighted by Crippen LogP contribution is -2.20. The zero-order valence-corrected chi connectivity index (χ0v) is 18.0. The quantitative estimate of drug-likeness (QED) is 0.421. The predicted octanol–water partition coefficient (Wildman–Crippen LogP) is 3.86. The maximum Gasteiger partial charge on any atom is 0.252 e. The number of rotatable bonds is 7. The van der Waals surface area contributed by atoms with Crippen molar-refractivity contribution in [3.05, 3.63) is 46.8 Å². The summed E-state index contributed by atoms with van der Waals surface area (Å²) in [6.07, 6.45) is 2.27. The molecule has 4 rings (SSSR count). The van der Waals surface area contributed by atoms with Gasteiger partial charge in [-0.3, -0.25) is 4.79 Å². The van der Waals surface area contributed by atoms with Crippen LogP contribution in [0, 0.1) is 0 Å². The third-order valence-electron chi connectivity index (χ3n) is 4.57. The van der Waals surface area contributed by atoms with Crippen LogP contribution in [0.15, 0.2) is 46.3 Å². The molecule has 2 aromatic carbocycles. The van der Waals surface area contributed by atoms with Crippen LogP contribution in [0.4, 0.5) is 0 Å². The highest BCUT2D eigenvalue weighted by atomic mass is 32.2. The molecule has 0 bridgehead atoms. The number of amides is 1. The van der Waals surface area contributed by atoms with Crippen molar-refractivity contribution >= 4 is 39.2 Å². The molecule has 152 valence electrons. The third kappa shape index (κ3) is 4.49. The van der Waals surface area contributed by atoms with Crippen molar-refractivity contribution in [2.45, 2.75) is 24.8 Å². The number of aromatic nitrogens is 1. The van der Waals surface area contributed by atoms with E-state index in [0.29, 0.717) is 36.1 Å². The highest BCUT2D eigenvalue weighted by Crippen LogP contribution is 2.32. The summed E-state index contributed by atoms with van der Waals surface area (Å²) in [5.41, 5.74) is 1.93. The number of thiazole rings is 1. The van der Waals surface area contributed by atoms with Crippen molar-refractivity contribution in [3.8, 4) is 11.5 Å². The van der Waals surface area contributed by atoms with Gasteiger partial charge in [0.2, 0.25) is 6.79 Å². The maximum atomic E-state index is 12.7. The van der Waals surface area contributed by atoms with Crippen molar-refractivity contribution in [2.75, 3.05) is 26.3 Å². The van der Waals surface area contributed by atoms with E-state index >= 15 is 0 Å². The minimum Gasteiger partial charge on any atom is -0.454 e. The van der Waals surface area contributed by atoms with Gasteiger partial charge in [0, 0.05) is 18.0 Å². The van der Waals surface area contributed by atoms with Gasteiger partial charge in [0.15, 0.2) is 16.3 Å². The lowest BCUT2D eigenvalue weighted by atomic mass is 10.1. The average molecular weight is 431 g/mol. The number of thioether (sulfide) groups is 1. The molecule has 3 aromatic rings. The van der Waals surface area contributed by atoms with Crippen molar-refractivity contribution in [3.63, 3.8) is 0 Å². The molecule has 1 aromatic heterocycles. The number of hydrogen-bond donors (Lipinski definition) is 0. The smallest absolute Gasteiger partial charge is 0.252 e. The molecule has 1 aliphatic heterocycles. The number of ether oxygens (including phenoxy) is 3. The second kappa shape index (κ2) is 9.02. The van der Waals surface area contributed by atoms with Crippen LogP contribution in [0.3, 0.4) is 0 Å². The van der Waals surface area contributed by atoms with Gasteiger partial charge in [-0.25, -0.2) is 0 Å². The van der Waals surface area contributed by atoms with E-state index in [0.717, 1.165) is 15.8 Å². The summed E-state index contributed by atoms with van der Waals surface area (Å²) in [6.45, 7) is 4.09. The Morgan fingerprint density at radius 2 is 2.10 bits per heavy atom. The van der Waals surface area contributed by atoms with Gasteiger partial charge in [-0.2, -0.15) is 4.99 Å². The van der Waals surface area contributed by atoms with E-state index < -0.39 is 0 Å². The van der Waals surface area contributed by atoms with E-state index in [9.17, 15) is 4.79 Å². The first-order valence-corrected chi connectivity index (χ1v) is 11.4. The van der Waals surface area contributed by atoms with Crippen LogP contribution in [0.5, 0.6) is 11.5 Å². The molecule has 6 nitrogen and oxygen atoms in total. The molecule has 0 saturated carbocycles. The van der Waals surface area contributed by atoms with Gasteiger partial charge in [-0.1, -0.05) is 17.4 Å². The molecule has 29 heavy (non-hydrogen) atoms. The largest absolute Gasteiger partial charge is 0.454 e. The fourth-order valence-corrected chi connectivity index (χ4v) is 4.78. The number of benzene rings is 2. The minimum atomic E-state index is -0.189. The number of nitrogens with zero attached hydrogens (tertiary/aromatic N) is 2. The second-order valence-electron chi connectivity index (χ2n) is 6.44. The zero-order chi connectivity index (χ0) is 20.2. The fourth-order valence-electron chi connectivity index (χ4n) is 3.15. The Morgan fingerprint density at radius 3 is 2.93 bits per heavy atom. The molecular formula is C21H22N2O4S2. The average Bonchev–Trinajstić information content (AvgIpc) is 3.31. The molecule has 0 saturated heterocycles. The molecule has 1 amide bonds. The summed E-state index contributed by atoms with van der Waals surface area (Å²) in [6, 6.07) is 11.9. The van der Waals surface area contributed by atoms with Gasteiger partial charge in [-0.15, -0.1) is 11.8 Å². The van der Waals surface area contributed by atoms with Gasteiger partial charge in [0.25, 0.3) is 5.91 Å². The molecule has 1 aliphatic rings. The van der Waals surface area contributed by atoms with Crippen LogP contribution in [-0.4, -0.2) is 36.7 Å². The maximum absolute atomic E-state index is 12.7. The normalized spacial score (nSPS) is 13.4. The van der Waals surface area contributed by atoms with Crippen LogP contribution in [0.25, 0.3) is 10.2 Å². The molecule has 0 aliphatic carbocycles. The van der Waals surface area contributed by atoms with Crippen LogP contribution in [0.1, 0.15) is 12.5 Å². The molecule has 8 heteroatoms. The highest BCUT2D eigenvalue weighted by molar-refractivity contribution is 7.98. The monoisotopic (exact) mass is 430 g/mol. The van der Waals surface area contributed by atoms with Crippen LogP contribution < -0.4 is 14.3 Å². The van der Waals surface area contributed by atoms with E-state index in [1.54, 1.807) is 11.8 Å². The number of hydrogen-bond acceptors (Lipinski definition) is 6. The molecule has 0 atom stereocenters. The van der Waals surface area contributed by atoms with Crippen molar-refractivity contribution < 1.29 is 19.0 Å². The molecule has 0 fully saturated rings. The fraction of sp³-hybridized carbons (Fsp3) is 0.333. The van der Waals surface area contributed by atoms with E-state index in [-0.39, 0.29) is 19.1 Å². The van der Waals surface area contributed by atoms with Crippen molar-refractivity contribution in [1.29, 1.82) is 0 Å². The summed E-state index contributed by atoms with van der Waals surface area (Å²) in [7, 11) is 0. The first-order chi connectivity index (χ1) is 14.2.